The fraction of sp³-hybridized carbons (Fsp3) is 0.292. The molecule has 1 aromatic heterocycles. The lowest BCUT2D eigenvalue weighted by molar-refractivity contribution is -0.131. The number of anilines is 1. The van der Waals surface area contributed by atoms with Crippen molar-refractivity contribution in [3.63, 3.8) is 0 Å². The molecule has 1 aliphatic rings. The van der Waals surface area contributed by atoms with Crippen LogP contribution in [0.4, 0.5) is 5.69 Å². The van der Waals surface area contributed by atoms with Crippen LogP contribution in [0.15, 0.2) is 53.1 Å². The normalized spacial score (nSPS) is 13.8. The zero-order valence-corrected chi connectivity index (χ0v) is 19.7. The van der Waals surface area contributed by atoms with Gasteiger partial charge in [-0.05, 0) is 31.2 Å². The predicted molar refractivity (Wildman–Crippen MR) is 129 cm³/mol. The predicted octanol–water partition coefficient (Wildman–Crippen LogP) is 4.43. The number of hydrogen-bond acceptors (Lipinski definition) is 5. The lowest BCUT2D eigenvalue weighted by atomic mass is 10.1. The molecular formula is C24H24Cl2N4O3. The van der Waals surface area contributed by atoms with E-state index in [9.17, 15) is 9.59 Å². The Morgan fingerprint density at radius 3 is 2.33 bits per heavy atom. The first kappa shape index (κ1) is 23.1. The number of nitrogens with one attached hydrogen (secondary N) is 1. The van der Waals surface area contributed by atoms with Crippen molar-refractivity contribution in [3.05, 3.63) is 69.9 Å². The van der Waals surface area contributed by atoms with Gasteiger partial charge in [0.15, 0.2) is 0 Å². The van der Waals surface area contributed by atoms with Gasteiger partial charge in [-0.1, -0.05) is 52.6 Å². The van der Waals surface area contributed by atoms with Gasteiger partial charge in [-0.25, -0.2) is 0 Å². The van der Waals surface area contributed by atoms with E-state index < -0.39 is 0 Å². The molecule has 9 heteroatoms. The van der Waals surface area contributed by atoms with Crippen molar-refractivity contribution in [2.75, 3.05) is 37.6 Å². The van der Waals surface area contributed by atoms with Gasteiger partial charge in [0.05, 0.1) is 10.0 Å². The Labute approximate surface area is 202 Å². The largest absolute Gasteiger partial charge is 0.368 e. The maximum atomic E-state index is 12.9. The van der Waals surface area contributed by atoms with Crippen molar-refractivity contribution in [1.29, 1.82) is 0 Å². The van der Waals surface area contributed by atoms with E-state index in [1.807, 2.05) is 23.1 Å². The number of rotatable bonds is 6. The molecule has 7 nitrogen and oxygen atoms in total. The molecule has 1 saturated heterocycles. The van der Waals surface area contributed by atoms with E-state index >= 15 is 0 Å². The quantitative estimate of drug-likeness (QED) is 0.557. The average molecular weight is 487 g/mol. The molecule has 4 rings (SSSR count). The van der Waals surface area contributed by atoms with Crippen molar-refractivity contribution in [2.24, 2.45) is 0 Å². The van der Waals surface area contributed by atoms with Crippen LogP contribution in [0, 0.1) is 6.92 Å². The number of benzene rings is 2. The lowest BCUT2D eigenvalue weighted by Gasteiger charge is -2.36. The van der Waals surface area contributed by atoms with Crippen molar-refractivity contribution >= 4 is 40.7 Å². The summed E-state index contributed by atoms with van der Waals surface area (Å²) >= 11 is 12.6. The second-order valence-electron chi connectivity index (χ2n) is 7.77. The summed E-state index contributed by atoms with van der Waals surface area (Å²) in [6, 6.07) is 15.2. The highest BCUT2D eigenvalue weighted by atomic mass is 35.5. The van der Waals surface area contributed by atoms with Crippen LogP contribution in [-0.4, -0.2) is 54.6 Å². The average Bonchev–Trinajstić information content (AvgIpc) is 3.20. The molecule has 1 fully saturated rings. The maximum absolute atomic E-state index is 12.9. The van der Waals surface area contributed by atoms with Crippen molar-refractivity contribution in [2.45, 2.75) is 13.3 Å². The third-order valence-electron chi connectivity index (χ3n) is 5.67. The lowest BCUT2D eigenvalue weighted by Crippen LogP contribution is -2.49. The third kappa shape index (κ3) is 5.15. The molecule has 2 aromatic carbocycles. The van der Waals surface area contributed by atoms with E-state index in [0.717, 1.165) is 18.8 Å². The first-order chi connectivity index (χ1) is 16.0. The van der Waals surface area contributed by atoms with Crippen LogP contribution < -0.4 is 10.2 Å². The standard InChI is InChI=1S/C24H24Cl2N4O3/c1-16-21(23(28-33-16)22-18(25)8-5-9-19(22)26)24(32)27-11-10-20(31)30-14-12-29(13-15-30)17-6-3-2-4-7-17/h2-9H,10-15H2,1H3,(H,27,32). The number of piperazine rings is 1. The van der Waals surface area contributed by atoms with Crippen LogP contribution in [0.1, 0.15) is 22.5 Å². The van der Waals surface area contributed by atoms with E-state index in [2.05, 4.69) is 27.5 Å². The fourth-order valence-electron chi connectivity index (χ4n) is 3.92. The van der Waals surface area contributed by atoms with Crippen molar-refractivity contribution in [3.8, 4) is 11.3 Å². The molecule has 1 N–H and O–H groups in total. The van der Waals surface area contributed by atoms with Gasteiger partial charge in [0.1, 0.15) is 17.0 Å². The number of hydrogen-bond donors (Lipinski definition) is 1. The Kier molecular flexibility index (Phi) is 7.20. The number of carbonyl (C=O) groups excluding carboxylic acids is 2. The van der Waals surface area contributed by atoms with Crippen LogP contribution in [0.3, 0.4) is 0 Å². The van der Waals surface area contributed by atoms with Crippen LogP contribution in [0.2, 0.25) is 10.0 Å². The number of aromatic nitrogens is 1. The number of carbonyl (C=O) groups is 2. The second-order valence-corrected chi connectivity index (χ2v) is 8.58. The van der Waals surface area contributed by atoms with Crippen LogP contribution in [0.25, 0.3) is 11.3 Å². The molecule has 0 saturated carbocycles. The molecule has 1 aliphatic heterocycles. The van der Waals surface area contributed by atoms with Crippen LogP contribution >= 0.6 is 23.2 Å². The van der Waals surface area contributed by atoms with Gasteiger partial charge >= 0.3 is 0 Å². The highest BCUT2D eigenvalue weighted by molar-refractivity contribution is 6.39. The topological polar surface area (TPSA) is 78.7 Å². The first-order valence-electron chi connectivity index (χ1n) is 10.7. The summed E-state index contributed by atoms with van der Waals surface area (Å²) in [5.74, 6) is -0.0253. The van der Waals surface area contributed by atoms with Crippen molar-refractivity contribution < 1.29 is 14.1 Å². The molecule has 3 aromatic rings. The fourth-order valence-corrected chi connectivity index (χ4v) is 4.49. The Bertz CT molecular complexity index is 1120. The molecule has 2 heterocycles. The van der Waals surface area contributed by atoms with E-state index in [0.29, 0.717) is 34.5 Å². The van der Waals surface area contributed by atoms with Crippen molar-refractivity contribution in [1.82, 2.24) is 15.4 Å². The number of halogens is 2. The van der Waals surface area contributed by atoms with Gasteiger partial charge in [0.2, 0.25) is 5.91 Å². The Morgan fingerprint density at radius 2 is 1.67 bits per heavy atom. The number of aryl methyl sites for hydroxylation is 1. The smallest absolute Gasteiger partial charge is 0.257 e. The molecule has 2 amide bonds. The summed E-state index contributed by atoms with van der Waals surface area (Å²) in [6.45, 7) is 4.72. The third-order valence-corrected chi connectivity index (χ3v) is 6.30. The number of amides is 2. The highest BCUT2D eigenvalue weighted by Crippen LogP contribution is 2.36. The Hall–Kier alpha value is -3.03. The van der Waals surface area contributed by atoms with Crippen LogP contribution in [0.5, 0.6) is 0 Å². The second kappa shape index (κ2) is 10.3. The monoisotopic (exact) mass is 486 g/mol. The van der Waals surface area contributed by atoms with Gasteiger partial charge < -0.3 is 19.6 Å². The van der Waals surface area contributed by atoms with Gasteiger partial charge in [0, 0.05) is 50.4 Å². The zero-order chi connectivity index (χ0) is 23.4. The Morgan fingerprint density at radius 1 is 1.00 bits per heavy atom. The van der Waals surface area contributed by atoms with Gasteiger partial charge in [0.25, 0.3) is 5.91 Å². The van der Waals surface area contributed by atoms with E-state index in [4.69, 9.17) is 27.7 Å². The minimum absolute atomic E-state index is 0.0134. The minimum atomic E-state index is -0.388. The molecule has 0 aliphatic carbocycles. The molecule has 0 atom stereocenters. The van der Waals surface area contributed by atoms with E-state index in [1.54, 1.807) is 25.1 Å². The number of para-hydroxylation sites is 1. The summed E-state index contributed by atoms with van der Waals surface area (Å²) in [5, 5.41) is 7.53. The summed E-state index contributed by atoms with van der Waals surface area (Å²) in [5.41, 5.74) is 2.14. The molecule has 0 unspecified atom stereocenters. The van der Waals surface area contributed by atoms with Gasteiger partial charge in [-0.15, -0.1) is 0 Å². The van der Waals surface area contributed by atoms with Gasteiger partial charge in [-0.3, -0.25) is 9.59 Å². The maximum Gasteiger partial charge on any atom is 0.257 e. The molecule has 172 valence electrons. The molecular weight excluding hydrogens is 463 g/mol. The summed E-state index contributed by atoms with van der Waals surface area (Å²) in [6.07, 6.45) is 0.212. The molecule has 0 spiro atoms. The highest BCUT2D eigenvalue weighted by Gasteiger charge is 2.25. The zero-order valence-electron chi connectivity index (χ0n) is 18.2. The molecule has 0 radical (unpaired) electrons. The first-order valence-corrected chi connectivity index (χ1v) is 11.5. The SMILES string of the molecule is Cc1onc(-c2c(Cl)cccc2Cl)c1C(=O)NCCC(=O)N1CCN(c2ccccc2)CC1. The summed E-state index contributed by atoms with van der Waals surface area (Å²) in [4.78, 5) is 29.6. The minimum Gasteiger partial charge on any atom is -0.368 e. The summed E-state index contributed by atoms with van der Waals surface area (Å²) in [7, 11) is 0. The summed E-state index contributed by atoms with van der Waals surface area (Å²) < 4.78 is 5.24. The van der Waals surface area contributed by atoms with E-state index in [-0.39, 0.29) is 36.0 Å². The molecule has 0 bridgehead atoms. The molecule has 33 heavy (non-hydrogen) atoms. The van der Waals surface area contributed by atoms with E-state index in [1.165, 1.54) is 0 Å². The van der Waals surface area contributed by atoms with Gasteiger partial charge in [-0.2, -0.15) is 0 Å². The number of nitrogens with zero attached hydrogens (tertiary/aromatic N) is 3. The van der Waals surface area contributed by atoms with Crippen LogP contribution in [-0.2, 0) is 4.79 Å². The Balaban J connectivity index is 1.32.